The second-order valence-electron chi connectivity index (χ2n) is 5.44. The summed E-state index contributed by atoms with van der Waals surface area (Å²) in [5.74, 6) is -0.576. The van der Waals surface area contributed by atoms with Crippen LogP contribution in [0.1, 0.15) is 13.8 Å². The first-order chi connectivity index (χ1) is 13.3. The van der Waals surface area contributed by atoms with Crippen molar-refractivity contribution in [2.75, 3.05) is 24.1 Å². The second-order valence-corrected chi connectivity index (χ2v) is 7.27. The van der Waals surface area contributed by atoms with E-state index in [-0.39, 0.29) is 24.7 Å². The SMILES string of the molecule is CCOC(=O)CN(c1ccccc1OCC)S(=O)(=O)c1ccccc1[N+](=O)[O-]. The molecule has 10 heteroatoms. The number of nitro groups is 1. The predicted molar refractivity (Wildman–Crippen MR) is 102 cm³/mol. The van der Waals surface area contributed by atoms with Crippen molar-refractivity contribution in [2.24, 2.45) is 0 Å². The van der Waals surface area contributed by atoms with Crippen LogP contribution < -0.4 is 9.04 Å². The van der Waals surface area contributed by atoms with Crippen molar-refractivity contribution in [2.45, 2.75) is 18.7 Å². The van der Waals surface area contributed by atoms with Crippen molar-refractivity contribution in [1.82, 2.24) is 0 Å². The molecule has 0 radical (unpaired) electrons. The van der Waals surface area contributed by atoms with Crippen LogP contribution in [0.5, 0.6) is 5.75 Å². The Morgan fingerprint density at radius 1 is 1.07 bits per heavy atom. The number of esters is 1. The molecular formula is C18H20N2O7S. The molecule has 0 unspecified atom stereocenters. The summed E-state index contributed by atoms with van der Waals surface area (Å²) in [6.45, 7) is 2.98. The molecule has 0 saturated heterocycles. The fraction of sp³-hybridized carbons (Fsp3) is 0.278. The number of rotatable bonds is 9. The Labute approximate surface area is 162 Å². The van der Waals surface area contributed by atoms with Gasteiger partial charge in [-0.2, -0.15) is 0 Å². The first-order valence-electron chi connectivity index (χ1n) is 8.46. The largest absolute Gasteiger partial charge is 0.492 e. The summed E-state index contributed by atoms with van der Waals surface area (Å²) in [5.41, 5.74) is -0.513. The monoisotopic (exact) mass is 408 g/mol. The van der Waals surface area contributed by atoms with Crippen molar-refractivity contribution in [3.8, 4) is 5.75 Å². The molecule has 0 aliphatic rings. The molecule has 0 spiro atoms. The van der Waals surface area contributed by atoms with Crippen molar-refractivity contribution in [3.05, 3.63) is 58.6 Å². The number of carbonyl (C=O) groups is 1. The Bertz CT molecular complexity index is 960. The number of nitro benzene ring substituents is 1. The van der Waals surface area contributed by atoms with E-state index in [2.05, 4.69) is 0 Å². The summed E-state index contributed by atoms with van der Waals surface area (Å²) in [4.78, 5) is 22.1. The van der Waals surface area contributed by atoms with Gasteiger partial charge in [0.15, 0.2) is 4.90 Å². The minimum Gasteiger partial charge on any atom is -0.492 e. The molecule has 28 heavy (non-hydrogen) atoms. The Kier molecular flexibility index (Phi) is 6.94. The lowest BCUT2D eigenvalue weighted by atomic mass is 10.3. The van der Waals surface area contributed by atoms with E-state index in [4.69, 9.17) is 9.47 Å². The number of ether oxygens (including phenoxy) is 2. The minimum atomic E-state index is -4.47. The number of para-hydroxylation sites is 3. The van der Waals surface area contributed by atoms with Crippen LogP contribution in [-0.2, 0) is 19.6 Å². The molecule has 2 aromatic rings. The van der Waals surface area contributed by atoms with Crippen molar-refractivity contribution < 1.29 is 27.6 Å². The third-order valence-electron chi connectivity index (χ3n) is 3.64. The van der Waals surface area contributed by atoms with Gasteiger partial charge in [0.25, 0.3) is 15.7 Å². The molecule has 2 aromatic carbocycles. The molecule has 0 aliphatic carbocycles. The van der Waals surface area contributed by atoms with Crippen molar-refractivity contribution in [1.29, 1.82) is 0 Å². The average Bonchev–Trinajstić information content (AvgIpc) is 2.67. The summed E-state index contributed by atoms with van der Waals surface area (Å²) in [6, 6.07) is 11.2. The second kappa shape index (κ2) is 9.18. The fourth-order valence-corrected chi connectivity index (χ4v) is 4.09. The van der Waals surface area contributed by atoms with Gasteiger partial charge in [-0.05, 0) is 32.0 Å². The van der Waals surface area contributed by atoms with E-state index in [1.54, 1.807) is 32.0 Å². The molecular weight excluding hydrogens is 388 g/mol. The average molecular weight is 408 g/mol. The van der Waals surface area contributed by atoms with Gasteiger partial charge in [-0.3, -0.25) is 19.2 Å². The van der Waals surface area contributed by atoms with Crippen LogP contribution in [0.15, 0.2) is 53.4 Å². The molecule has 0 aliphatic heterocycles. The summed E-state index contributed by atoms with van der Waals surface area (Å²) in [5, 5.41) is 11.3. The molecule has 0 atom stereocenters. The molecule has 0 saturated carbocycles. The maximum absolute atomic E-state index is 13.3. The van der Waals surface area contributed by atoms with Gasteiger partial charge in [0.05, 0.1) is 23.8 Å². The highest BCUT2D eigenvalue weighted by molar-refractivity contribution is 7.93. The summed E-state index contributed by atoms with van der Waals surface area (Å²) < 4.78 is 37.7. The maximum Gasteiger partial charge on any atom is 0.326 e. The molecule has 150 valence electrons. The Morgan fingerprint density at radius 3 is 2.36 bits per heavy atom. The number of benzene rings is 2. The normalized spacial score (nSPS) is 10.9. The molecule has 0 amide bonds. The Morgan fingerprint density at radius 2 is 1.71 bits per heavy atom. The standard InChI is InChI=1S/C18H20N2O7S/c1-3-26-16-11-7-5-9-14(16)19(13-18(21)27-4-2)28(24,25)17-12-8-6-10-15(17)20(22)23/h5-12H,3-4,13H2,1-2H3. The number of hydrogen-bond acceptors (Lipinski definition) is 7. The van der Waals surface area contributed by atoms with Crippen molar-refractivity contribution >= 4 is 27.4 Å². The van der Waals surface area contributed by atoms with Crippen LogP contribution in [0.3, 0.4) is 0 Å². The summed E-state index contributed by atoms with van der Waals surface area (Å²) in [7, 11) is -4.47. The minimum absolute atomic E-state index is 0.0608. The molecule has 9 nitrogen and oxygen atoms in total. The summed E-state index contributed by atoms with van der Waals surface area (Å²) in [6.07, 6.45) is 0. The van der Waals surface area contributed by atoms with Gasteiger partial charge in [0, 0.05) is 6.07 Å². The summed E-state index contributed by atoms with van der Waals surface area (Å²) >= 11 is 0. The third kappa shape index (κ3) is 4.58. The number of hydrogen-bond donors (Lipinski definition) is 0. The van der Waals surface area contributed by atoms with Crippen LogP contribution in [-0.4, -0.2) is 39.1 Å². The van der Waals surface area contributed by atoms with Crippen LogP contribution >= 0.6 is 0 Å². The molecule has 0 N–H and O–H groups in total. The van der Waals surface area contributed by atoms with E-state index in [1.807, 2.05) is 0 Å². The smallest absolute Gasteiger partial charge is 0.326 e. The Hall–Kier alpha value is -3.14. The number of carbonyl (C=O) groups excluding carboxylic acids is 1. The number of anilines is 1. The quantitative estimate of drug-likeness (QED) is 0.356. The first-order valence-corrected chi connectivity index (χ1v) is 9.90. The van der Waals surface area contributed by atoms with Crippen LogP contribution in [0, 0.1) is 10.1 Å². The van der Waals surface area contributed by atoms with Crippen LogP contribution in [0.4, 0.5) is 11.4 Å². The highest BCUT2D eigenvalue weighted by Gasteiger charge is 2.34. The third-order valence-corrected chi connectivity index (χ3v) is 5.45. The number of sulfonamides is 1. The van der Waals surface area contributed by atoms with Crippen LogP contribution in [0.25, 0.3) is 0 Å². The lowest BCUT2D eigenvalue weighted by Gasteiger charge is -2.25. The van der Waals surface area contributed by atoms with E-state index in [9.17, 15) is 23.3 Å². The van der Waals surface area contributed by atoms with E-state index in [1.165, 1.54) is 18.2 Å². The lowest BCUT2D eigenvalue weighted by Crippen LogP contribution is -2.37. The van der Waals surface area contributed by atoms with Gasteiger partial charge in [-0.25, -0.2) is 8.42 Å². The number of nitrogens with zero attached hydrogens (tertiary/aromatic N) is 2. The van der Waals surface area contributed by atoms with Gasteiger partial charge >= 0.3 is 5.97 Å². The lowest BCUT2D eigenvalue weighted by molar-refractivity contribution is -0.387. The van der Waals surface area contributed by atoms with Gasteiger partial charge in [-0.1, -0.05) is 24.3 Å². The topological polar surface area (TPSA) is 116 Å². The zero-order valence-electron chi connectivity index (χ0n) is 15.4. The highest BCUT2D eigenvalue weighted by atomic mass is 32.2. The molecule has 2 rings (SSSR count). The van der Waals surface area contributed by atoms with E-state index >= 15 is 0 Å². The maximum atomic E-state index is 13.3. The molecule has 0 fully saturated rings. The zero-order chi connectivity index (χ0) is 20.7. The van der Waals surface area contributed by atoms with Gasteiger partial charge in [0.1, 0.15) is 12.3 Å². The molecule has 0 aromatic heterocycles. The zero-order valence-corrected chi connectivity index (χ0v) is 16.2. The van der Waals surface area contributed by atoms with E-state index in [0.717, 1.165) is 16.4 Å². The van der Waals surface area contributed by atoms with E-state index in [0.29, 0.717) is 0 Å². The Balaban J connectivity index is 2.66. The van der Waals surface area contributed by atoms with Gasteiger partial charge < -0.3 is 9.47 Å². The highest BCUT2D eigenvalue weighted by Crippen LogP contribution is 2.35. The molecule has 0 heterocycles. The van der Waals surface area contributed by atoms with Gasteiger partial charge in [-0.15, -0.1) is 0 Å². The van der Waals surface area contributed by atoms with Crippen molar-refractivity contribution in [3.63, 3.8) is 0 Å². The van der Waals surface area contributed by atoms with Gasteiger partial charge in [0.2, 0.25) is 0 Å². The van der Waals surface area contributed by atoms with E-state index < -0.39 is 38.0 Å². The fourth-order valence-electron chi connectivity index (χ4n) is 2.51. The molecule has 0 bridgehead atoms. The first kappa shape index (κ1) is 21.2. The van der Waals surface area contributed by atoms with Crippen LogP contribution in [0.2, 0.25) is 0 Å². The predicted octanol–water partition coefficient (Wildman–Crippen LogP) is 2.75.